The molecule has 4 nitrogen and oxygen atoms in total. The molecule has 0 aromatic carbocycles. The molecule has 0 aromatic rings. The zero-order chi connectivity index (χ0) is 10.7. The average Bonchev–Trinajstić information content (AvgIpc) is 2.30. The molecule has 5 heteroatoms. The predicted octanol–water partition coefficient (Wildman–Crippen LogP) is 0.902. The van der Waals surface area contributed by atoms with E-state index in [1.165, 1.54) is 25.9 Å². The standard InChI is InChI=1S/C10H18FN3O/c11-13-10(15)12-4-1-9-7-14-5-2-8(9)3-6-14/h8-9H,1-7H2,(H2,12,13,15). The first-order valence-corrected chi connectivity index (χ1v) is 5.66. The monoisotopic (exact) mass is 215 g/mol. The van der Waals surface area contributed by atoms with E-state index in [2.05, 4.69) is 10.2 Å². The number of nitrogens with zero attached hydrogens (tertiary/aromatic N) is 1. The van der Waals surface area contributed by atoms with Gasteiger partial charge < -0.3 is 10.2 Å². The van der Waals surface area contributed by atoms with E-state index < -0.39 is 6.03 Å². The molecule has 2 bridgehead atoms. The van der Waals surface area contributed by atoms with Crippen molar-refractivity contribution in [2.75, 3.05) is 26.2 Å². The largest absolute Gasteiger partial charge is 0.342 e. The Balaban J connectivity index is 1.69. The first-order valence-electron chi connectivity index (χ1n) is 5.66. The second kappa shape index (κ2) is 4.79. The van der Waals surface area contributed by atoms with Gasteiger partial charge in [-0.25, -0.2) is 4.79 Å². The summed E-state index contributed by atoms with van der Waals surface area (Å²) in [4.78, 5) is 13.1. The summed E-state index contributed by atoms with van der Waals surface area (Å²) in [7, 11) is 0. The van der Waals surface area contributed by atoms with Gasteiger partial charge in [0, 0.05) is 13.1 Å². The number of urea groups is 1. The lowest BCUT2D eigenvalue weighted by Gasteiger charge is -2.45. The smallest absolute Gasteiger partial charge is 0.336 e. The molecule has 0 saturated carbocycles. The van der Waals surface area contributed by atoms with Crippen molar-refractivity contribution in [1.82, 2.24) is 15.8 Å². The van der Waals surface area contributed by atoms with E-state index in [1.54, 1.807) is 0 Å². The molecule has 2 N–H and O–H groups in total. The zero-order valence-electron chi connectivity index (χ0n) is 8.84. The summed E-state index contributed by atoms with van der Waals surface area (Å²) in [5.41, 5.74) is 1.08. The molecule has 3 rings (SSSR count). The van der Waals surface area contributed by atoms with Crippen molar-refractivity contribution in [3.05, 3.63) is 0 Å². The minimum Gasteiger partial charge on any atom is -0.336 e. The third-order valence-electron chi connectivity index (χ3n) is 3.68. The number of halogens is 1. The average molecular weight is 215 g/mol. The van der Waals surface area contributed by atoms with Crippen molar-refractivity contribution in [2.24, 2.45) is 11.8 Å². The van der Waals surface area contributed by atoms with Crippen LogP contribution in [0.1, 0.15) is 19.3 Å². The molecule has 0 radical (unpaired) electrons. The van der Waals surface area contributed by atoms with E-state index in [1.807, 2.05) is 0 Å². The normalized spacial score (nSPS) is 33.8. The number of rotatable bonds is 3. The van der Waals surface area contributed by atoms with E-state index >= 15 is 0 Å². The van der Waals surface area contributed by atoms with Crippen molar-refractivity contribution in [3.8, 4) is 0 Å². The number of amides is 2. The summed E-state index contributed by atoms with van der Waals surface area (Å²) in [5, 5.41) is 2.50. The van der Waals surface area contributed by atoms with Crippen molar-refractivity contribution in [3.63, 3.8) is 0 Å². The first kappa shape index (κ1) is 10.7. The predicted molar refractivity (Wildman–Crippen MR) is 54.9 cm³/mol. The summed E-state index contributed by atoms with van der Waals surface area (Å²) in [6, 6.07) is -0.726. The van der Waals surface area contributed by atoms with Crippen molar-refractivity contribution in [1.29, 1.82) is 0 Å². The third-order valence-corrected chi connectivity index (χ3v) is 3.68. The van der Waals surface area contributed by atoms with Gasteiger partial charge in [-0.15, -0.1) is 0 Å². The Morgan fingerprint density at radius 1 is 1.40 bits per heavy atom. The lowest BCUT2D eigenvalue weighted by molar-refractivity contribution is 0.0471. The third kappa shape index (κ3) is 2.59. The van der Waals surface area contributed by atoms with Gasteiger partial charge in [0.2, 0.25) is 0 Å². The van der Waals surface area contributed by atoms with Crippen LogP contribution in [0.15, 0.2) is 0 Å². The Hall–Kier alpha value is -0.840. The second-order valence-electron chi connectivity index (χ2n) is 4.54. The molecule has 0 aromatic heterocycles. The van der Waals surface area contributed by atoms with Crippen LogP contribution in [0.25, 0.3) is 0 Å². The number of carbonyl (C=O) groups excluding carboxylic acids is 1. The Labute approximate surface area is 89.1 Å². The fourth-order valence-electron chi connectivity index (χ4n) is 2.82. The maximum Gasteiger partial charge on any atom is 0.342 e. The molecule has 1 unspecified atom stereocenters. The lowest BCUT2D eigenvalue weighted by atomic mass is 9.77. The van der Waals surface area contributed by atoms with Crippen LogP contribution in [-0.2, 0) is 0 Å². The number of fused-ring (bicyclic) bond motifs is 3. The van der Waals surface area contributed by atoms with Crippen LogP contribution in [0.5, 0.6) is 0 Å². The quantitative estimate of drug-likeness (QED) is 0.687. The van der Waals surface area contributed by atoms with Crippen molar-refractivity contribution >= 4 is 6.03 Å². The molecule has 3 saturated heterocycles. The van der Waals surface area contributed by atoms with Crippen LogP contribution >= 0.6 is 0 Å². The minimum atomic E-state index is -0.726. The maximum atomic E-state index is 11.6. The number of hydrogen-bond donors (Lipinski definition) is 2. The van der Waals surface area contributed by atoms with Crippen molar-refractivity contribution in [2.45, 2.75) is 19.3 Å². The number of nitrogens with one attached hydrogen (secondary N) is 2. The second-order valence-corrected chi connectivity index (χ2v) is 4.54. The molecule has 3 fully saturated rings. The molecule has 15 heavy (non-hydrogen) atoms. The Bertz CT molecular complexity index is 229. The minimum absolute atomic E-state index is 0.574. The Kier molecular flexibility index (Phi) is 3.41. The highest BCUT2D eigenvalue weighted by molar-refractivity contribution is 5.72. The molecule has 2 amide bonds. The Morgan fingerprint density at radius 3 is 2.67 bits per heavy atom. The van der Waals surface area contributed by atoms with Gasteiger partial charge in [0.25, 0.3) is 0 Å². The SMILES string of the molecule is O=C(NF)NCCC1CN2CCC1CC2. The zero-order valence-corrected chi connectivity index (χ0v) is 8.84. The van der Waals surface area contributed by atoms with Gasteiger partial charge in [0.05, 0.1) is 0 Å². The summed E-state index contributed by atoms with van der Waals surface area (Å²) in [5.74, 6) is 1.51. The van der Waals surface area contributed by atoms with Crippen LogP contribution in [0.2, 0.25) is 0 Å². The van der Waals surface area contributed by atoms with E-state index in [9.17, 15) is 9.28 Å². The fraction of sp³-hybridized carbons (Fsp3) is 0.900. The van der Waals surface area contributed by atoms with Gasteiger partial charge in [-0.3, -0.25) is 0 Å². The summed E-state index contributed by atoms with van der Waals surface area (Å²) in [6.07, 6.45) is 3.55. The van der Waals surface area contributed by atoms with E-state index in [0.29, 0.717) is 12.5 Å². The van der Waals surface area contributed by atoms with E-state index in [0.717, 1.165) is 24.4 Å². The van der Waals surface area contributed by atoms with Crippen LogP contribution in [0.4, 0.5) is 9.28 Å². The molecular weight excluding hydrogens is 197 g/mol. The molecule has 0 spiro atoms. The molecule has 3 aliphatic rings. The van der Waals surface area contributed by atoms with Gasteiger partial charge in [-0.2, -0.15) is 5.54 Å². The van der Waals surface area contributed by atoms with Crippen LogP contribution in [-0.4, -0.2) is 37.1 Å². The molecule has 86 valence electrons. The molecule has 1 atom stereocenters. The topological polar surface area (TPSA) is 44.4 Å². The molecule has 0 aliphatic carbocycles. The summed E-state index contributed by atoms with van der Waals surface area (Å²) >= 11 is 0. The number of carbonyl (C=O) groups is 1. The molecule has 3 heterocycles. The van der Waals surface area contributed by atoms with E-state index in [-0.39, 0.29) is 0 Å². The van der Waals surface area contributed by atoms with Gasteiger partial charge in [-0.1, -0.05) is 4.48 Å². The Morgan fingerprint density at radius 2 is 2.13 bits per heavy atom. The van der Waals surface area contributed by atoms with Gasteiger partial charge in [0.1, 0.15) is 0 Å². The summed E-state index contributed by atoms with van der Waals surface area (Å²) < 4.78 is 11.6. The summed E-state index contributed by atoms with van der Waals surface area (Å²) in [6.45, 7) is 4.20. The van der Waals surface area contributed by atoms with Crippen molar-refractivity contribution < 1.29 is 9.28 Å². The number of piperidine rings is 3. The highest BCUT2D eigenvalue weighted by atomic mass is 19.2. The molecule has 3 aliphatic heterocycles. The first-order chi connectivity index (χ1) is 7.29. The maximum absolute atomic E-state index is 11.6. The lowest BCUT2D eigenvalue weighted by Crippen LogP contribution is -2.48. The molecular formula is C10H18FN3O. The van der Waals surface area contributed by atoms with Crippen LogP contribution in [0.3, 0.4) is 0 Å². The number of hydrogen-bond acceptors (Lipinski definition) is 2. The van der Waals surface area contributed by atoms with Gasteiger partial charge >= 0.3 is 6.03 Å². The van der Waals surface area contributed by atoms with Gasteiger partial charge in [0.15, 0.2) is 0 Å². The van der Waals surface area contributed by atoms with Crippen LogP contribution < -0.4 is 10.9 Å². The highest BCUT2D eigenvalue weighted by Gasteiger charge is 2.33. The van der Waals surface area contributed by atoms with Crippen LogP contribution in [0, 0.1) is 11.8 Å². The van der Waals surface area contributed by atoms with Gasteiger partial charge in [-0.05, 0) is 44.2 Å². The van der Waals surface area contributed by atoms with E-state index in [4.69, 9.17) is 0 Å². The highest BCUT2D eigenvalue weighted by Crippen LogP contribution is 2.33. The fourth-order valence-corrected chi connectivity index (χ4v) is 2.82.